The Morgan fingerprint density at radius 3 is 2.37 bits per heavy atom. The van der Waals surface area contributed by atoms with E-state index in [-0.39, 0.29) is 30.4 Å². The minimum absolute atomic E-state index is 0.00468. The Bertz CT molecular complexity index is 1550. The highest BCUT2D eigenvalue weighted by Crippen LogP contribution is 2.27. The average Bonchev–Trinajstić information content (AvgIpc) is 3.37. The first kappa shape index (κ1) is 33.1. The Kier molecular flexibility index (Phi) is 11.3. The molecule has 14 heteroatoms. The predicted octanol–water partition coefficient (Wildman–Crippen LogP) is 3.63. The molecule has 232 valence electrons. The van der Waals surface area contributed by atoms with Crippen LogP contribution in [0.4, 0.5) is 16.2 Å². The summed E-state index contributed by atoms with van der Waals surface area (Å²) in [4.78, 5) is 37.1. The van der Waals surface area contributed by atoms with E-state index < -0.39 is 34.1 Å². The summed E-state index contributed by atoms with van der Waals surface area (Å²) < 4.78 is 35.8. The zero-order valence-electron chi connectivity index (χ0n) is 24.6. The van der Waals surface area contributed by atoms with Crippen LogP contribution >= 0.6 is 0 Å². The third kappa shape index (κ3) is 10.4. The molecule has 0 aliphatic rings. The van der Waals surface area contributed by atoms with Crippen molar-refractivity contribution in [3.63, 3.8) is 0 Å². The Labute approximate surface area is 250 Å². The summed E-state index contributed by atoms with van der Waals surface area (Å²) in [6.07, 6.45) is 1.13. The van der Waals surface area contributed by atoms with Gasteiger partial charge in [0.1, 0.15) is 23.2 Å². The van der Waals surface area contributed by atoms with Gasteiger partial charge >= 0.3 is 12.0 Å². The number of ether oxygens (including phenoxy) is 1. The van der Waals surface area contributed by atoms with Crippen LogP contribution in [-0.2, 0) is 32.5 Å². The SMILES string of the molecule is COc1cc(CC(=O)NC(CC(C)C)c2cc(CC(NS(C)(=O)=O)C(=O)O)on2)ccc1NC(=O)Nc1ccccc1C. The van der Waals surface area contributed by atoms with Crippen LogP contribution in [0.25, 0.3) is 0 Å². The number of carbonyl (C=O) groups is 3. The minimum atomic E-state index is -3.77. The number of rotatable bonds is 14. The normalized spacial score (nSPS) is 12.8. The molecular formula is C29H37N5O8S. The van der Waals surface area contributed by atoms with Crippen molar-refractivity contribution in [2.45, 2.75) is 52.1 Å². The lowest BCUT2D eigenvalue weighted by molar-refractivity contribution is -0.139. The van der Waals surface area contributed by atoms with E-state index in [4.69, 9.17) is 9.26 Å². The quantitative estimate of drug-likeness (QED) is 0.180. The average molecular weight is 616 g/mol. The van der Waals surface area contributed by atoms with Gasteiger partial charge in [-0.1, -0.05) is 43.3 Å². The Balaban J connectivity index is 1.68. The summed E-state index contributed by atoms with van der Waals surface area (Å²) in [5, 5.41) is 21.9. The monoisotopic (exact) mass is 615 g/mol. The number of aliphatic carboxylic acids is 1. The summed E-state index contributed by atoms with van der Waals surface area (Å²) >= 11 is 0. The van der Waals surface area contributed by atoms with Gasteiger partial charge in [-0.05, 0) is 48.6 Å². The van der Waals surface area contributed by atoms with Crippen molar-refractivity contribution in [2.24, 2.45) is 5.92 Å². The maximum Gasteiger partial charge on any atom is 0.323 e. The molecule has 1 aromatic heterocycles. The number of carboxylic acids is 1. The molecule has 0 saturated heterocycles. The lowest BCUT2D eigenvalue weighted by atomic mass is 10.00. The predicted molar refractivity (Wildman–Crippen MR) is 160 cm³/mol. The molecule has 5 N–H and O–H groups in total. The van der Waals surface area contributed by atoms with Crippen molar-refractivity contribution in [1.29, 1.82) is 0 Å². The summed E-state index contributed by atoms with van der Waals surface area (Å²) in [5.74, 6) is -0.974. The third-order valence-electron chi connectivity index (χ3n) is 6.31. The fourth-order valence-electron chi connectivity index (χ4n) is 4.32. The van der Waals surface area contributed by atoms with Crippen LogP contribution in [0.3, 0.4) is 0 Å². The molecule has 0 radical (unpaired) electrons. The summed E-state index contributed by atoms with van der Waals surface area (Å²) in [5.41, 5.74) is 3.04. The molecule has 0 spiro atoms. The molecule has 3 rings (SSSR count). The number of aromatic nitrogens is 1. The van der Waals surface area contributed by atoms with Crippen molar-refractivity contribution >= 4 is 39.3 Å². The first-order valence-corrected chi connectivity index (χ1v) is 15.4. The van der Waals surface area contributed by atoms with Gasteiger partial charge in [0.05, 0.1) is 31.5 Å². The summed E-state index contributed by atoms with van der Waals surface area (Å²) in [6.45, 7) is 5.84. The topological polar surface area (TPSA) is 189 Å². The van der Waals surface area contributed by atoms with Crippen molar-refractivity contribution in [2.75, 3.05) is 24.0 Å². The van der Waals surface area contributed by atoms with Crippen molar-refractivity contribution in [1.82, 2.24) is 15.2 Å². The number of sulfonamides is 1. The highest BCUT2D eigenvalue weighted by Gasteiger charge is 2.26. The van der Waals surface area contributed by atoms with Crippen LogP contribution in [0.15, 0.2) is 53.1 Å². The molecule has 2 unspecified atom stereocenters. The number of carboxylic acid groups (broad SMARTS) is 1. The van der Waals surface area contributed by atoms with Crippen molar-refractivity contribution < 1.29 is 37.2 Å². The Morgan fingerprint density at radius 2 is 1.74 bits per heavy atom. The van der Waals surface area contributed by atoms with Crippen molar-refractivity contribution in [3.05, 3.63) is 71.1 Å². The number of aryl methyl sites for hydroxylation is 1. The highest BCUT2D eigenvalue weighted by atomic mass is 32.2. The van der Waals surface area contributed by atoms with E-state index in [1.807, 2.05) is 43.7 Å². The second kappa shape index (κ2) is 14.6. The van der Waals surface area contributed by atoms with Crippen LogP contribution in [0.5, 0.6) is 5.75 Å². The fourth-order valence-corrected chi connectivity index (χ4v) is 5.02. The standard InChI is InChI=1S/C29H37N5O8S/c1-17(2)12-23(24-15-20(42-33-24)16-25(28(36)37)34-43(5,39)40)30-27(35)14-19-10-11-22(26(13-19)41-4)32-29(38)31-21-9-7-6-8-18(21)3/h6-11,13,15,17,23,25,34H,12,14,16H2,1-5H3,(H,30,35)(H,36,37)(H2,31,32,38). The Hall–Kier alpha value is -4.43. The van der Waals surface area contributed by atoms with Gasteiger partial charge < -0.3 is 30.3 Å². The number of para-hydroxylation sites is 1. The van der Waals surface area contributed by atoms with E-state index in [1.165, 1.54) is 13.2 Å². The van der Waals surface area contributed by atoms with Gasteiger partial charge in [-0.15, -0.1) is 0 Å². The van der Waals surface area contributed by atoms with E-state index in [1.54, 1.807) is 24.3 Å². The molecule has 0 aliphatic carbocycles. The summed E-state index contributed by atoms with van der Waals surface area (Å²) in [6, 6.07) is 11.5. The second-order valence-corrected chi connectivity index (χ2v) is 12.3. The van der Waals surface area contributed by atoms with Crippen LogP contribution in [0, 0.1) is 12.8 Å². The molecule has 2 atom stereocenters. The zero-order valence-corrected chi connectivity index (χ0v) is 25.4. The fraction of sp³-hybridized carbons (Fsp3) is 0.379. The number of methoxy groups -OCH3 is 1. The number of anilines is 2. The Morgan fingerprint density at radius 1 is 1.05 bits per heavy atom. The number of amides is 3. The van der Waals surface area contributed by atoms with Gasteiger partial charge in [-0.3, -0.25) is 9.59 Å². The number of hydrogen-bond acceptors (Lipinski definition) is 8. The molecule has 0 aliphatic heterocycles. The van der Waals surface area contributed by atoms with Crippen LogP contribution in [0.2, 0.25) is 0 Å². The molecule has 0 fully saturated rings. The van der Waals surface area contributed by atoms with Gasteiger partial charge in [0.15, 0.2) is 0 Å². The molecule has 3 amide bonds. The van der Waals surface area contributed by atoms with Gasteiger partial charge in [0, 0.05) is 18.2 Å². The van der Waals surface area contributed by atoms with Gasteiger partial charge in [0.2, 0.25) is 15.9 Å². The second-order valence-electron chi connectivity index (χ2n) is 10.6. The highest BCUT2D eigenvalue weighted by molar-refractivity contribution is 7.88. The number of urea groups is 1. The number of hydrogen-bond donors (Lipinski definition) is 5. The van der Waals surface area contributed by atoms with E-state index in [9.17, 15) is 27.9 Å². The number of benzene rings is 2. The van der Waals surface area contributed by atoms with Crippen LogP contribution in [0.1, 0.15) is 48.9 Å². The minimum Gasteiger partial charge on any atom is -0.495 e. The first-order valence-electron chi connectivity index (χ1n) is 13.5. The van der Waals surface area contributed by atoms with E-state index >= 15 is 0 Å². The lowest BCUT2D eigenvalue weighted by Crippen LogP contribution is -2.41. The zero-order chi connectivity index (χ0) is 31.7. The van der Waals surface area contributed by atoms with E-state index in [2.05, 4.69) is 21.1 Å². The van der Waals surface area contributed by atoms with Gasteiger partial charge in [0.25, 0.3) is 0 Å². The van der Waals surface area contributed by atoms with E-state index in [0.29, 0.717) is 34.8 Å². The molecule has 13 nitrogen and oxygen atoms in total. The van der Waals surface area contributed by atoms with Crippen LogP contribution < -0.4 is 25.4 Å². The number of nitrogens with zero attached hydrogens (tertiary/aromatic N) is 1. The molecule has 1 heterocycles. The van der Waals surface area contributed by atoms with Crippen molar-refractivity contribution in [3.8, 4) is 5.75 Å². The van der Waals surface area contributed by atoms with Crippen LogP contribution in [-0.4, -0.2) is 56.0 Å². The molecular weight excluding hydrogens is 578 g/mol. The molecule has 43 heavy (non-hydrogen) atoms. The molecule has 0 bridgehead atoms. The smallest absolute Gasteiger partial charge is 0.323 e. The first-order chi connectivity index (χ1) is 20.2. The lowest BCUT2D eigenvalue weighted by Gasteiger charge is -2.19. The largest absolute Gasteiger partial charge is 0.495 e. The molecule has 2 aromatic carbocycles. The number of carbonyl (C=O) groups excluding carboxylic acids is 2. The van der Waals surface area contributed by atoms with Gasteiger partial charge in [-0.25, -0.2) is 17.9 Å². The maximum atomic E-state index is 13.1. The number of nitrogens with one attached hydrogen (secondary N) is 4. The van der Waals surface area contributed by atoms with Gasteiger partial charge in [-0.2, -0.15) is 0 Å². The molecule has 0 saturated carbocycles. The van der Waals surface area contributed by atoms with E-state index in [0.717, 1.165) is 11.8 Å². The molecule has 3 aromatic rings. The third-order valence-corrected chi connectivity index (χ3v) is 7.02. The maximum absolute atomic E-state index is 13.1. The summed E-state index contributed by atoms with van der Waals surface area (Å²) in [7, 11) is -2.31.